The Balaban J connectivity index is 1.83. The summed E-state index contributed by atoms with van der Waals surface area (Å²) in [5.41, 5.74) is 0.861. The Kier molecular flexibility index (Phi) is 6.77. The van der Waals surface area contributed by atoms with Crippen molar-refractivity contribution < 1.29 is 18.7 Å². The van der Waals surface area contributed by atoms with Crippen LogP contribution in [-0.4, -0.2) is 38.2 Å². The van der Waals surface area contributed by atoms with E-state index in [-0.39, 0.29) is 11.1 Å². The number of esters is 1. The number of hydrogen-bond donors (Lipinski definition) is 0. The molecule has 0 aromatic carbocycles. The van der Waals surface area contributed by atoms with Crippen molar-refractivity contribution in [3.05, 3.63) is 28.9 Å². The van der Waals surface area contributed by atoms with Gasteiger partial charge in [0, 0.05) is 19.8 Å². The molecule has 8 nitrogen and oxygen atoms in total. The van der Waals surface area contributed by atoms with Crippen LogP contribution < -0.4 is 0 Å². The van der Waals surface area contributed by atoms with Crippen LogP contribution in [0.15, 0.2) is 16.5 Å². The molecule has 0 spiro atoms. The fraction of sp³-hybridized carbons (Fsp3) is 0.478. The van der Waals surface area contributed by atoms with Crippen molar-refractivity contribution in [3.63, 3.8) is 0 Å². The van der Waals surface area contributed by atoms with Gasteiger partial charge in [0.25, 0.3) is 0 Å². The Hall–Kier alpha value is -2.89. The van der Waals surface area contributed by atoms with E-state index in [1.54, 1.807) is 4.57 Å². The first-order chi connectivity index (χ1) is 15.5. The number of nitrogens with zero attached hydrogens (tertiary/aromatic N) is 4. The molecular formula is C23H25ClN4O4. The number of fused-ring (bicyclic) bond motifs is 1. The topological polar surface area (TPSA) is 92.3 Å². The first-order valence-corrected chi connectivity index (χ1v) is 11.2. The van der Waals surface area contributed by atoms with Crippen LogP contribution in [0.5, 0.6) is 0 Å². The molecule has 0 amide bonds. The van der Waals surface area contributed by atoms with Crippen LogP contribution in [0.25, 0.3) is 22.7 Å². The highest BCUT2D eigenvalue weighted by molar-refractivity contribution is 6.33. The minimum absolute atomic E-state index is 0.193. The van der Waals surface area contributed by atoms with Gasteiger partial charge >= 0.3 is 5.97 Å². The van der Waals surface area contributed by atoms with E-state index in [0.29, 0.717) is 41.6 Å². The van der Waals surface area contributed by atoms with Gasteiger partial charge in [-0.3, -0.25) is 9.36 Å². The number of ether oxygens (including phenoxy) is 2. The SMILES string of the molecule is CCCCCC#Cc1nc(Cl)c2nc(-c3ccc(C)o3)n(C3OCCC3OC(C)=O)c2n1. The predicted molar refractivity (Wildman–Crippen MR) is 119 cm³/mol. The van der Waals surface area contributed by atoms with Crippen LogP contribution >= 0.6 is 11.6 Å². The molecule has 0 bridgehead atoms. The Morgan fingerprint density at radius 3 is 2.88 bits per heavy atom. The highest BCUT2D eigenvalue weighted by atomic mass is 35.5. The van der Waals surface area contributed by atoms with Gasteiger partial charge in [-0.25, -0.2) is 15.0 Å². The van der Waals surface area contributed by atoms with E-state index in [4.69, 9.17) is 25.5 Å². The van der Waals surface area contributed by atoms with E-state index in [0.717, 1.165) is 31.4 Å². The number of aryl methyl sites for hydroxylation is 1. The molecule has 4 heterocycles. The second-order valence-corrected chi connectivity index (χ2v) is 8.04. The Morgan fingerprint density at radius 1 is 1.31 bits per heavy atom. The van der Waals surface area contributed by atoms with Gasteiger partial charge in [-0.15, -0.1) is 0 Å². The van der Waals surface area contributed by atoms with Crippen molar-refractivity contribution in [3.8, 4) is 23.4 Å². The molecule has 1 saturated heterocycles. The molecule has 2 unspecified atom stereocenters. The van der Waals surface area contributed by atoms with E-state index < -0.39 is 12.3 Å². The van der Waals surface area contributed by atoms with E-state index in [1.165, 1.54) is 6.92 Å². The second-order valence-electron chi connectivity index (χ2n) is 7.68. The third-order valence-corrected chi connectivity index (χ3v) is 5.41. The Bertz CT molecular complexity index is 1190. The molecule has 3 aromatic heterocycles. The largest absolute Gasteiger partial charge is 0.458 e. The lowest BCUT2D eigenvalue weighted by molar-refractivity contribution is -0.151. The average molecular weight is 457 g/mol. The molecule has 9 heteroatoms. The fourth-order valence-electron chi connectivity index (χ4n) is 3.70. The van der Waals surface area contributed by atoms with Crippen molar-refractivity contribution in [1.29, 1.82) is 0 Å². The van der Waals surface area contributed by atoms with E-state index >= 15 is 0 Å². The van der Waals surface area contributed by atoms with Crippen LogP contribution in [0.3, 0.4) is 0 Å². The second kappa shape index (κ2) is 9.72. The average Bonchev–Trinajstić information content (AvgIpc) is 3.45. The number of unbranched alkanes of at least 4 members (excludes halogenated alkanes) is 3. The standard InChI is InChI=1S/C23H25ClN4O4/c1-4-5-6-7-8-9-18-25-20(24)19-22(26-18)28(21(27-19)16-11-10-14(2)31-16)23-17(12-13-30-23)32-15(3)29/h10-11,17,23H,4-7,12-13H2,1-3H3. The molecular weight excluding hydrogens is 432 g/mol. The maximum absolute atomic E-state index is 11.7. The first kappa shape index (κ1) is 22.3. The highest BCUT2D eigenvalue weighted by Crippen LogP contribution is 2.36. The molecule has 1 aliphatic rings. The number of hydrogen-bond acceptors (Lipinski definition) is 7. The van der Waals surface area contributed by atoms with E-state index in [1.807, 2.05) is 19.1 Å². The summed E-state index contributed by atoms with van der Waals surface area (Å²) in [7, 11) is 0. The summed E-state index contributed by atoms with van der Waals surface area (Å²) in [5, 5.41) is 0.193. The maximum atomic E-state index is 11.7. The number of imidazole rings is 1. The van der Waals surface area contributed by atoms with Gasteiger partial charge < -0.3 is 13.9 Å². The number of carbonyl (C=O) groups excluding carboxylic acids is 1. The minimum Gasteiger partial charge on any atom is -0.458 e. The molecule has 1 aliphatic heterocycles. The van der Waals surface area contributed by atoms with Crippen LogP contribution in [-0.2, 0) is 14.3 Å². The third-order valence-electron chi connectivity index (χ3n) is 5.14. The van der Waals surface area contributed by atoms with Gasteiger partial charge in [-0.05, 0) is 31.4 Å². The summed E-state index contributed by atoms with van der Waals surface area (Å²) in [5.74, 6) is 7.78. The van der Waals surface area contributed by atoms with Gasteiger partial charge in [-0.1, -0.05) is 37.3 Å². The Morgan fingerprint density at radius 2 is 2.16 bits per heavy atom. The summed E-state index contributed by atoms with van der Waals surface area (Å²) in [6.45, 7) is 5.81. The van der Waals surface area contributed by atoms with E-state index in [9.17, 15) is 4.79 Å². The summed E-state index contributed by atoms with van der Waals surface area (Å²) >= 11 is 6.48. The van der Waals surface area contributed by atoms with Crippen molar-refractivity contribution in [2.75, 3.05) is 6.61 Å². The van der Waals surface area contributed by atoms with Crippen molar-refractivity contribution >= 4 is 28.7 Å². The van der Waals surface area contributed by atoms with Crippen LogP contribution in [0.2, 0.25) is 5.15 Å². The normalized spacial score (nSPS) is 18.0. The molecule has 4 rings (SSSR count). The van der Waals surface area contributed by atoms with Gasteiger partial charge in [0.1, 0.15) is 17.4 Å². The monoisotopic (exact) mass is 456 g/mol. The predicted octanol–water partition coefficient (Wildman–Crippen LogP) is 4.83. The molecule has 0 aliphatic carbocycles. The minimum atomic E-state index is -0.624. The Labute approximate surface area is 191 Å². The van der Waals surface area contributed by atoms with Crippen LogP contribution in [0.1, 0.15) is 63.8 Å². The lowest BCUT2D eigenvalue weighted by Gasteiger charge is -2.21. The molecule has 3 aromatic rings. The van der Waals surface area contributed by atoms with Gasteiger partial charge in [0.05, 0.1) is 6.61 Å². The van der Waals surface area contributed by atoms with Crippen molar-refractivity contribution in [1.82, 2.24) is 19.5 Å². The highest BCUT2D eigenvalue weighted by Gasteiger charge is 2.37. The number of rotatable bonds is 6. The lowest BCUT2D eigenvalue weighted by atomic mass is 10.2. The molecule has 1 fully saturated rings. The first-order valence-electron chi connectivity index (χ1n) is 10.8. The van der Waals surface area contributed by atoms with Crippen molar-refractivity contribution in [2.24, 2.45) is 0 Å². The van der Waals surface area contributed by atoms with Gasteiger partial charge in [-0.2, -0.15) is 0 Å². The smallest absolute Gasteiger partial charge is 0.303 e. The maximum Gasteiger partial charge on any atom is 0.303 e. The molecule has 32 heavy (non-hydrogen) atoms. The number of furan rings is 1. The van der Waals surface area contributed by atoms with Crippen molar-refractivity contribution in [2.45, 2.75) is 65.2 Å². The molecule has 0 N–H and O–H groups in total. The van der Waals surface area contributed by atoms with Crippen LogP contribution in [0, 0.1) is 18.8 Å². The molecule has 168 valence electrons. The summed E-state index contributed by atoms with van der Waals surface area (Å²) in [6.07, 6.45) is 3.50. The lowest BCUT2D eigenvalue weighted by Crippen LogP contribution is -2.25. The van der Waals surface area contributed by atoms with Gasteiger partial charge in [0.2, 0.25) is 5.82 Å². The summed E-state index contributed by atoms with van der Waals surface area (Å²) < 4.78 is 19.1. The number of aromatic nitrogens is 4. The van der Waals surface area contributed by atoms with Crippen LogP contribution in [0.4, 0.5) is 0 Å². The summed E-state index contributed by atoms with van der Waals surface area (Å²) in [6, 6.07) is 3.66. The third kappa shape index (κ3) is 4.64. The molecule has 2 atom stereocenters. The zero-order valence-corrected chi connectivity index (χ0v) is 19.1. The molecule has 0 radical (unpaired) electrons. The zero-order chi connectivity index (χ0) is 22.7. The van der Waals surface area contributed by atoms with E-state index in [2.05, 4.69) is 33.7 Å². The zero-order valence-electron chi connectivity index (χ0n) is 18.4. The fourth-order valence-corrected chi connectivity index (χ4v) is 3.90. The molecule has 0 saturated carbocycles. The van der Waals surface area contributed by atoms with Gasteiger partial charge in [0.15, 0.2) is 28.6 Å². The number of carbonyl (C=O) groups is 1. The number of halogens is 1. The summed E-state index contributed by atoms with van der Waals surface area (Å²) in [4.78, 5) is 25.3. The quantitative estimate of drug-likeness (QED) is 0.227.